The number of halogens is 2. The van der Waals surface area contributed by atoms with Crippen molar-refractivity contribution in [3.8, 4) is 17.2 Å². The predicted molar refractivity (Wildman–Crippen MR) is 199 cm³/mol. The number of hydrogen-bond donors (Lipinski definition) is 3. The summed E-state index contributed by atoms with van der Waals surface area (Å²) in [6.45, 7) is 1.71. The number of aliphatic hydroxyl groups excluding tert-OH is 1. The first-order valence-corrected chi connectivity index (χ1v) is 18.8. The molecule has 1 saturated heterocycles. The first-order valence-electron chi connectivity index (χ1n) is 18.0. The Morgan fingerprint density at radius 1 is 0.981 bits per heavy atom. The summed E-state index contributed by atoms with van der Waals surface area (Å²) in [5, 5.41) is 22.9. The van der Waals surface area contributed by atoms with Gasteiger partial charge in [-0.25, -0.2) is 4.39 Å². The Morgan fingerprint density at radius 3 is 2.42 bits per heavy atom. The Kier molecular flexibility index (Phi) is 12.7. The van der Waals surface area contributed by atoms with Crippen LogP contribution in [0.3, 0.4) is 0 Å². The summed E-state index contributed by atoms with van der Waals surface area (Å²) in [6.07, 6.45) is 1.69. The molecule has 1 aliphatic carbocycles. The average molecular weight is 795 g/mol. The van der Waals surface area contributed by atoms with Crippen LogP contribution in [0, 0.1) is 5.82 Å². The number of carbonyl (C=O) groups is 3. The van der Waals surface area contributed by atoms with Gasteiger partial charge in [0.25, 0.3) is 5.91 Å². The molecule has 6 rings (SSSR count). The smallest absolute Gasteiger partial charge is 0.305 e. The van der Waals surface area contributed by atoms with Crippen LogP contribution in [0.25, 0.3) is 5.57 Å². The quantitative estimate of drug-likeness (QED) is 0.157. The minimum atomic E-state index is -1.29. The second-order valence-corrected chi connectivity index (χ2v) is 14.6. The van der Waals surface area contributed by atoms with E-state index in [2.05, 4.69) is 33.4 Å². The molecule has 3 atom stereocenters. The first kappa shape index (κ1) is 38.3. The standard InChI is InChI=1S/C40H45BrFN3O8/c1-51-31-11-13-32(14-12-31)52-18-16-45(29-9-10-29)40(50)39-33(20-28-23-44(24-35(39)43-28)37(47)21-30(46)22-38(48)49)26-6-4-25(5-7-26)3-2-17-53-36-19-27(42)8-15-34(36)41/h4-8,11-15,19,28-30,35,43,46H,2-3,9-10,16-18,20-24H2,1H3,(H,48,49)/t28-,30-,35-/m1/s1. The fraction of sp³-hybridized carbons (Fsp3) is 0.425. The third-order valence-electron chi connectivity index (χ3n) is 9.78. The maximum atomic E-state index is 14.7. The van der Waals surface area contributed by atoms with Crippen molar-refractivity contribution in [1.29, 1.82) is 0 Å². The number of nitrogens with zero attached hydrogens (tertiary/aromatic N) is 2. The van der Waals surface area contributed by atoms with Crippen LogP contribution in [0.15, 0.2) is 76.8 Å². The van der Waals surface area contributed by atoms with Crippen molar-refractivity contribution in [3.63, 3.8) is 0 Å². The lowest BCUT2D eigenvalue weighted by atomic mass is 9.82. The van der Waals surface area contributed by atoms with Gasteiger partial charge in [0.2, 0.25) is 5.91 Å². The van der Waals surface area contributed by atoms with Crippen molar-refractivity contribution in [2.75, 3.05) is 40.0 Å². The molecule has 0 radical (unpaired) electrons. The van der Waals surface area contributed by atoms with Crippen molar-refractivity contribution in [3.05, 3.63) is 93.7 Å². The zero-order valence-corrected chi connectivity index (χ0v) is 31.2. The van der Waals surface area contributed by atoms with Crippen LogP contribution in [-0.4, -0.2) is 102 Å². The molecule has 53 heavy (non-hydrogen) atoms. The molecule has 11 nitrogen and oxygen atoms in total. The second kappa shape index (κ2) is 17.6. The zero-order valence-electron chi connectivity index (χ0n) is 29.6. The highest BCUT2D eigenvalue weighted by Gasteiger charge is 2.43. The highest BCUT2D eigenvalue weighted by Crippen LogP contribution is 2.37. The number of nitrogens with one attached hydrogen (secondary N) is 1. The lowest BCUT2D eigenvalue weighted by molar-refractivity contribution is -0.141. The molecule has 3 aromatic carbocycles. The molecule has 0 unspecified atom stereocenters. The number of aliphatic hydroxyl groups is 1. The van der Waals surface area contributed by atoms with E-state index in [0.29, 0.717) is 54.3 Å². The van der Waals surface area contributed by atoms with Gasteiger partial charge < -0.3 is 39.5 Å². The molecular formula is C40H45BrFN3O8. The van der Waals surface area contributed by atoms with Crippen LogP contribution in [-0.2, 0) is 20.8 Å². The van der Waals surface area contributed by atoms with Gasteiger partial charge in [-0.05, 0) is 101 Å². The Bertz CT molecular complexity index is 1800. The van der Waals surface area contributed by atoms with Crippen molar-refractivity contribution in [2.24, 2.45) is 0 Å². The number of carbonyl (C=O) groups excluding carboxylic acids is 2. The van der Waals surface area contributed by atoms with Crippen molar-refractivity contribution < 1.29 is 43.2 Å². The molecule has 0 spiro atoms. The van der Waals surface area contributed by atoms with E-state index in [0.717, 1.165) is 48.1 Å². The highest BCUT2D eigenvalue weighted by molar-refractivity contribution is 9.10. The normalized spacial score (nSPS) is 18.7. The fourth-order valence-corrected chi connectivity index (χ4v) is 7.38. The maximum Gasteiger partial charge on any atom is 0.305 e. The third-order valence-corrected chi connectivity index (χ3v) is 10.4. The summed E-state index contributed by atoms with van der Waals surface area (Å²) >= 11 is 3.39. The lowest BCUT2D eigenvalue weighted by Crippen LogP contribution is -2.62. The summed E-state index contributed by atoms with van der Waals surface area (Å²) in [5.74, 6) is -0.0968. The van der Waals surface area contributed by atoms with Gasteiger partial charge in [-0.2, -0.15) is 0 Å². The van der Waals surface area contributed by atoms with E-state index in [-0.39, 0.29) is 42.7 Å². The number of aliphatic carboxylic acids is 1. The fourth-order valence-electron chi connectivity index (χ4n) is 7.02. The monoisotopic (exact) mass is 793 g/mol. The topological polar surface area (TPSA) is 138 Å². The Morgan fingerprint density at radius 2 is 1.72 bits per heavy atom. The van der Waals surface area contributed by atoms with Gasteiger partial charge in [0, 0.05) is 36.8 Å². The molecule has 13 heteroatoms. The number of amides is 2. The first-order chi connectivity index (χ1) is 25.6. The van der Waals surface area contributed by atoms with E-state index < -0.39 is 24.5 Å². The van der Waals surface area contributed by atoms with E-state index >= 15 is 0 Å². The molecule has 2 bridgehead atoms. The number of piperazine rings is 1. The van der Waals surface area contributed by atoms with Gasteiger partial charge in [-0.15, -0.1) is 0 Å². The van der Waals surface area contributed by atoms with E-state index in [1.807, 2.05) is 41.3 Å². The number of fused-ring (bicyclic) bond motifs is 2. The molecule has 0 aromatic heterocycles. The molecule has 3 aromatic rings. The van der Waals surface area contributed by atoms with Crippen LogP contribution in [0.2, 0.25) is 0 Å². The van der Waals surface area contributed by atoms with Crippen molar-refractivity contribution in [1.82, 2.24) is 15.1 Å². The number of aryl methyl sites for hydroxylation is 1. The number of benzene rings is 3. The molecule has 1 saturated carbocycles. The minimum absolute atomic E-state index is 0.0956. The molecule has 282 valence electrons. The molecule has 3 N–H and O–H groups in total. The van der Waals surface area contributed by atoms with Crippen LogP contribution in [0.5, 0.6) is 17.2 Å². The third kappa shape index (κ3) is 10.2. The molecule has 2 heterocycles. The number of methoxy groups -OCH3 is 1. The summed E-state index contributed by atoms with van der Waals surface area (Å²) in [6, 6.07) is 19.4. The molecule has 2 amide bonds. The van der Waals surface area contributed by atoms with Gasteiger partial charge in [0.1, 0.15) is 29.7 Å². The number of hydrogen-bond acceptors (Lipinski definition) is 8. The lowest BCUT2D eigenvalue weighted by Gasteiger charge is -2.45. The van der Waals surface area contributed by atoms with E-state index in [9.17, 15) is 23.9 Å². The van der Waals surface area contributed by atoms with Gasteiger partial charge in [0.15, 0.2) is 0 Å². The Hall–Kier alpha value is -4.46. The predicted octanol–water partition coefficient (Wildman–Crippen LogP) is 5.23. The molecule has 3 aliphatic rings. The zero-order chi connectivity index (χ0) is 37.5. The van der Waals surface area contributed by atoms with Gasteiger partial charge >= 0.3 is 5.97 Å². The number of rotatable bonds is 17. The number of carboxylic acids is 1. The Balaban J connectivity index is 1.19. The summed E-state index contributed by atoms with van der Waals surface area (Å²) in [7, 11) is 1.60. The Labute approximate surface area is 316 Å². The minimum Gasteiger partial charge on any atom is -0.497 e. The molecular weight excluding hydrogens is 749 g/mol. The summed E-state index contributed by atoms with van der Waals surface area (Å²) in [5.41, 5.74) is 3.60. The average Bonchev–Trinajstić information content (AvgIpc) is 3.98. The molecule has 2 fully saturated rings. The van der Waals surface area contributed by atoms with Gasteiger partial charge in [0.05, 0.1) is 49.7 Å². The molecule has 2 aliphatic heterocycles. The van der Waals surface area contributed by atoms with Crippen molar-refractivity contribution >= 4 is 39.3 Å². The summed E-state index contributed by atoms with van der Waals surface area (Å²) in [4.78, 5) is 42.6. The van der Waals surface area contributed by atoms with Crippen LogP contribution >= 0.6 is 15.9 Å². The van der Waals surface area contributed by atoms with E-state index in [4.69, 9.17) is 19.3 Å². The second-order valence-electron chi connectivity index (χ2n) is 13.7. The van der Waals surface area contributed by atoms with E-state index in [1.54, 1.807) is 18.1 Å². The van der Waals surface area contributed by atoms with E-state index in [1.165, 1.54) is 12.1 Å². The van der Waals surface area contributed by atoms with Crippen LogP contribution < -0.4 is 19.5 Å². The SMILES string of the molecule is COc1ccc(OCCN(C(=O)C2=C(c3ccc(CCCOc4cc(F)ccc4Br)cc3)C[C@@H]3CN(C(=O)C[C@@H](O)CC(=O)O)C[C@H]2N3)C2CC2)cc1. The van der Waals surface area contributed by atoms with Gasteiger partial charge in [-0.1, -0.05) is 24.3 Å². The van der Waals surface area contributed by atoms with Crippen molar-refractivity contribution in [2.45, 2.75) is 69.2 Å². The highest BCUT2D eigenvalue weighted by atomic mass is 79.9. The number of carboxylic acid groups (broad SMARTS) is 1. The van der Waals surface area contributed by atoms with Crippen LogP contribution in [0.1, 0.15) is 49.7 Å². The summed E-state index contributed by atoms with van der Waals surface area (Å²) < 4.78 is 31.4. The number of ether oxygens (including phenoxy) is 3. The maximum absolute atomic E-state index is 14.7. The largest absolute Gasteiger partial charge is 0.497 e. The van der Waals surface area contributed by atoms with Crippen LogP contribution in [0.4, 0.5) is 4.39 Å². The van der Waals surface area contributed by atoms with Gasteiger partial charge in [-0.3, -0.25) is 14.4 Å².